The zero-order chi connectivity index (χ0) is 16.9. The van der Waals surface area contributed by atoms with Gasteiger partial charge in [0.1, 0.15) is 11.6 Å². The minimum atomic E-state index is -0.337. The van der Waals surface area contributed by atoms with E-state index in [1.165, 1.54) is 19.3 Å². The second-order valence-electron chi connectivity index (χ2n) is 6.45. The largest absolute Gasteiger partial charge is 0.374 e. The number of hydrogen-bond acceptors (Lipinski definition) is 3. The average molecular weight is 322 g/mol. The molecule has 0 spiro atoms. The molecule has 1 N–H and O–H groups in total. The van der Waals surface area contributed by atoms with E-state index in [4.69, 9.17) is 4.74 Å². The van der Waals surface area contributed by atoms with Crippen LogP contribution < -0.4 is 5.56 Å². The van der Waals surface area contributed by atoms with Crippen molar-refractivity contribution in [3.8, 4) is 17.2 Å². The first kappa shape index (κ1) is 16.5. The molecular weight excluding hydrogens is 300 g/mol. The molecule has 1 aromatic carbocycles. The Hall–Kier alpha value is -2.38. The maximum Gasteiger partial charge on any atom is 0.266 e. The highest BCUT2D eigenvalue weighted by Crippen LogP contribution is 2.25. The first-order valence-corrected chi connectivity index (χ1v) is 8.52. The summed E-state index contributed by atoms with van der Waals surface area (Å²) in [6.45, 7) is 2.39. The second kappa shape index (κ2) is 7.46. The number of H-pyrrole nitrogens is 1. The van der Waals surface area contributed by atoms with Crippen LogP contribution in [0, 0.1) is 18.3 Å². The third-order valence-electron chi connectivity index (χ3n) is 4.56. The number of aryl methyl sites for hydroxylation is 1. The molecule has 0 aliphatic heterocycles. The number of nitriles is 1. The SMILES string of the molecule is Cc1cc(-c2cccc(COC3CCCCC3)c2)c(C#N)c(=O)[nH]1. The van der Waals surface area contributed by atoms with Crippen LogP contribution in [0.25, 0.3) is 11.1 Å². The molecular formula is C20H22N2O2. The van der Waals surface area contributed by atoms with Crippen LogP contribution in [-0.2, 0) is 11.3 Å². The van der Waals surface area contributed by atoms with Crippen molar-refractivity contribution in [2.45, 2.75) is 51.7 Å². The number of benzene rings is 1. The Labute approximate surface area is 142 Å². The summed E-state index contributed by atoms with van der Waals surface area (Å²) in [7, 11) is 0. The number of pyridine rings is 1. The topological polar surface area (TPSA) is 65.9 Å². The van der Waals surface area contributed by atoms with Crippen molar-refractivity contribution < 1.29 is 4.74 Å². The van der Waals surface area contributed by atoms with E-state index in [9.17, 15) is 10.1 Å². The van der Waals surface area contributed by atoms with Crippen LogP contribution in [0.4, 0.5) is 0 Å². The number of hydrogen-bond donors (Lipinski definition) is 1. The van der Waals surface area contributed by atoms with Crippen molar-refractivity contribution in [1.29, 1.82) is 5.26 Å². The average Bonchev–Trinajstić information content (AvgIpc) is 2.60. The molecule has 0 unspecified atom stereocenters. The van der Waals surface area contributed by atoms with Gasteiger partial charge in [0.25, 0.3) is 5.56 Å². The van der Waals surface area contributed by atoms with Crippen molar-refractivity contribution in [2.75, 3.05) is 0 Å². The Bertz CT molecular complexity index is 811. The van der Waals surface area contributed by atoms with Gasteiger partial charge in [0.05, 0.1) is 12.7 Å². The quantitative estimate of drug-likeness (QED) is 0.922. The third kappa shape index (κ3) is 3.74. The Morgan fingerprint density at radius 3 is 2.79 bits per heavy atom. The number of aromatic amines is 1. The molecule has 1 aliphatic rings. The van der Waals surface area contributed by atoms with Gasteiger partial charge in [-0.25, -0.2) is 0 Å². The van der Waals surface area contributed by atoms with E-state index < -0.39 is 0 Å². The molecule has 2 aromatic rings. The van der Waals surface area contributed by atoms with Crippen LogP contribution >= 0.6 is 0 Å². The van der Waals surface area contributed by atoms with Gasteiger partial charge in [-0.1, -0.05) is 37.5 Å². The Morgan fingerprint density at radius 2 is 2.04 bits per heavy atom. The molecule has 1 aromatic heterocycles. The number of nitrogens with one attached hydrogen (secondary N) is 1. The Kier molecular flexibility index (Phi) is 5.12. The smallest absolute Gasteiger partial charge is 0.266 e. The minimum Gasteiger partial charge on any atom is -0.374 e. The lowest BCUT2D eigenvalue weighted by Crippen LogP contribution is -2.16. The summed E-state index contributed by atoms with van der Waals surface area (Å²) in [6, 6.07) is 11.8. The first-order valence-electron chi connectivity index (χ1n) is 8.52. The van der Waals surface area contributed by atoms with Gasteiger partial charge in [-0.05, 0) is 43.0 Å². The number of rotatable bonds is 4. The molecule has 0 saturated heterocycles. The summed E-state index contributed by atoms with van der Waals surface area (Å²) in [6.07, 6.45) is 6.47. The molecule has 0 atom stereocenters. The Balaban J connectivity index is 1.83. The molecule has 24 heavy (non-hydrogen) atoms. The maximum atomic E-state index is 12.0. The summed E-state index contributed by atoms with van der Waals surface area (Å²) in [4.78, 5) is 14.7. The zero-order valence-electron chi connectivity index (χ0n) is 14.0. The normalized spacial score (nSPS) is 15.2. The van der Waals surface area contributed by atoms with Gasteiger partial charge < -0.3 is 9.72 Å². The standard InChI is InChI=1S/C20H22N2O2/c1-14-10-18(19(12-21)20(23)22-14)16-7-5-6-15(11-16)13-24-17-8-3-2-4-9-17/h5-7,10-11,17H,2-4,8-9,13H2,1H3,(H,22,23). The summed E-state index contributed by atoms with van der Waals surface area (Å²) >= 11 is 0. The fourth-order valence-corrected chi connectivity index (χ4v) is 3.30. The van der Waals surface area contributed by atoms with Gasteiger partial charge in [-0.15, -0.1) is 0 Å². The Morgan fingerprint density at radius 1 is 1.25 bits per heavy atom. The highest BCUT2D eigenvalue weighted by molar-refractivity contribution is 5.70. The molecule has 3 rings (SSSR count). The summed E-state index contributed by atoms with van der Waals surface area (Å²) in [5.41, 5.74) is 3.20. The van der Waals surface area contributed by atoms with E-state index >= 15 is 0 Å². The molecule has 1 saturated carbocycles. The predicted octanol–water partition coefficient (Wildman–Crippen LogP) is 4.07. The van der Waals surface area contributed by atoms with E-state index in [1.54, 1.807) is 0 Å². The third-order valence-corrected chi connectivity index (χ3v) is 4.56. The monoisotopic (exact) mass is 322 g/mol. The molecule has 1 aliphatic carbocycles. The van der Waals surface area contributed by atoms with Gasteiger partial charge in [-0.2, -0.15) is 5.26 Å². The van der Waals surface area contributed by atoms with Crippen LogP contribution in [0.2, 0.25) is 0 Å². The van der Waals surface area contributed by atoms with E-state index in [0.29, 0.717) is 18.3 Å². The van der Waals surface area contributed by atoms with E-state index in [0.717, 1.165) is 29.7 Å². The molecule has 1 heterocycles. The van der Waals surface area contributed by atoms with Crippen molar-refractivity contribution >= 4 is 0 Å². The minimum absolute atomic E-state index is 0.158. The van der Waals surface area contributed by atoms with Crippen LogP contribution in [0.1, 0.15) is 48.9 Å². The molecule has 4 nitrogen and oxygen atoms in total. The highest BCUT2D eigenvalue weighted by atomic mass is 16.5. The van der Waals surface area contributed by atoms with Crippen molar-refractivity contribution in [3.63, 3.8) is 0 Å². The van der Waals surface area contributed by atoms with E-state index in [-0.39, 0.29) is 11.1 Å². The van der Waals surface area contributed by atoms with Crippen LogP contribution in [0.3, 0.4) is 0 Å². The summed E-state index contributed by atoms with van der Waals surface area (Å²) in [5.74, 6) is 0. The lowest BCUT2D eigenvalue weighted by atomic mass is 9.97. The summed E-state index contributed by atoms with van der Waals surface area (Å²) in [5, 5.41) is 9.30. The van der Waals surface area contributed by atoms with Gasteiger partial charge >= 0.3 is 0 Å². The molecule has 0 radical (unpaired) electrons. The van der Waals surface area contributed by atoms with Crippen LogP contribution in [0.15, 0.2) is 35.1 Å². The summed E-state index contributed by atoms with van der Waals surface area (Å²) < 4.78 is 6.03. The molecule has 1 fully saturated rings. The maximum absolute atomic E-state index is 12.0. The second-order valence-corrected chi connectivity index (χ2v) is 6.45. The molecule has 4 heteroatoms. The molecule has 0 bridgehead atoms. The molecule has 0 amide bonds. The zero-order valence-corrected chi connectivity index (χ0v) is 14.0. The van der Waals surface area contributed by atoms with Crippen LogP contribution in [0.5, 0.6) is 0 Å². The highest BCUT2D eigenvalue weighted by Gasteiger charge is 2.14. The van der Waals surface area contributed by atoms with Crippen molar-refractivity contribution in [1.82, 2.24) is 4.98 Å². The predicted molar refractivity (Wildman–Crippen MR) is 93.6 cm³/mol. The van der Waals surface area contributed by atoms with Crippen molar-refractivity contribution in [2.24, 2.45) is 0 Å². The number of ether oxygens (including phenoxy) is 1. The van der Waals surface area contributed by atoms with Crippen LogP contribution in [-0.4, -0.2) is 11.1 Å². The van der Waals surface area contributed by atoms with Gasteiger partial charge in [0.2, 0.25) is 0 Å². The van der Waals surface area contributed by atoms with E-state index in [1.807, 2.05) is 43.3 Å². The number of aromatic nitrogens is 1. The molecule has 124 valence electrons. The number of nitrogens with zero attached hydrogens (tertiary/aromatic N) is 1. The van der Waals surface area contributed by atoms with Gasteiger partial charge in [0.15, 0.2) is 0 Å². The van der Waals surface area contributed by atoms with Crippen molar-refractivity contribution in [3.05, 3.63) is 57.5 Å². The van der Waals surface area contributed by atoms with E-state index in [2.05, 4.69) is 4.98 Å². The van der Waals surface area contributed by atoms with Gasteiger partial charge in [0, 0.05) is 11.3 Å². The first-order chi connectivity index (χ1) is 11.7. The van der Waals surface area contributed by atoms with Gasteiger partial charge in [-0.3, -0.25) is 4.79 Å². The lowest BCUT2D eigenvalue weighted by molar-refractivity contribution is 0.0169. The lowest BCUT2D eigenvalue weighted by Gasteiger charge is -2.22. The fourth-order valence-electron chi connectivity index (χ4n) is 3.30. The fraction of sp³-hybridized carbons (Fsp3) is 0.400.